The molecule has 6 nitrogen and oxygen atoms in total. The fourth-order valence-corrected chi connectivity index (χ4v) is 2.98. The Hall–Kier alpha value is -3.41. The van der Waals surface area contributed by atoms with Crippen LogP contribution in [0.5, 0.6) is 0 Å². The summed E-state index contributed by atoms with van der Waals surface area (Å²) in [6.07, 6.45) is 0.535. The largest absolute Gasteiger partial charge is 0.440 e. The van der Waals surface area contributed by atoms with Gasteiger partial charge in [0.25, 0.3) is 0 Å². The molecule has 150 valence electrons. The predicted molar refractivity (Wildman–Crippen MR) is 112 cm³/mol. The van der Waals surface area contributed by atoms with Crippen molar-refractivity contribution < 1.29 is 14.0 Å². The fourth-order valence-electron chi connectivity index (χ4n) is 2.98. The van der Waals surface area contributed by atoms with Crippen LogP contribution in [0, 0.1) is 0 Å². The van der Waals surface area contributed by atoms with E-state index in [1.165, 1.54) is 0 Å². The lowest BCUT2D eigenvalue weighted by Gasteiger charge is -2.12. The first-order chi connectivity index (χ1) is 14.1. The molecule has 0 spiro atoms. The second kappa shape index (κ2) is 9.68. The van der Waals surface area contributed by atoms with Crippen LogP contribution in [0.3, 0.4) is 0 Å². The number of rotatable bonds is 8. The number of carbonyl (C=O) groups is 2. The number of aryl methyl sites for hydroxylation is 1. The maximum atomic E-state index is 12.2. The van der Waals surface area contributed by atoms with E-state index in [0.717, 1.165) is 16.8 Å². The van der Waals surface area contributed by atoms with Crippen molar-refractivity contribution in [3.63, 3.8) is 0 Å². The standard InChI is InChI=1S/C23H25N3O3/c1-3-24-23(28)16(2)25-19(27)14-15-20-26-21(17-10-6-4-7-11-17)22(29-20)18-12-8-5-9-13-18/h4-13,16H,3,14-15H2,1-2H3,(H,24,28)(H,25,27)/t16-/m1/s1. The third-order valence-corrected chi connectivity index (χ3v) is 4.44. The van der Waals surface area contributed by atoms with E-state index in [4.69, 9.17) is 4.42 Å². The van der Waals surface area contributed by atoms with E-state index in [9.17, 15) is 9.59 Å². The summed E-state index contributed by atoms with van der Waals surface area (Å²) in [4.78, 5) is 28.6. The zero-order chi connectivity index (χ0) is 20.6. The van der Waals surface area contributed by atoms with Gasteiger partial charge in [-0.3, -0.25) is 9.59 Å². The van der Waals surface area contributed by atoms with E-state index in [-0.39, 0.29) is 18.2 Å². The quantitative estimate of drug-likeness (QED) is 0.615. The molecule has 0 fully saturated rings. The Morgan fingerprint density at radius 2 is 1.62 bits per heavy atom. The maximum Gasteiger partial charge on any atom is 0.242 e. The number of carbonyl (C=O) groups excluding carboxylic acids is 2. The summed E-state index contributed by atoms with van der Waals surface area (Å²) in [7, 11) is 0. The zero-order valence-electron chi connectivity index (χ0n) is 16.6. The van der Waals surface area contributed by atoms with Gasteiger partial charge in [0.05, 0.1) is 0 Å². The van der Waals surface area contributed by atoms with Gasteiger partial charge in [-0.15, -0.1) is 0 Å². The highest BCUT2D eigenvalue weighted by atomic mass is 16.4. The molecule has 0 unspecified atom stereocenters. The molecule has 0 aliphatic rings. The van der Waals surface area contributed by atoms with E-state index < -0.39 is 6.04 Å². The van der Waals surface area contributed by atoms with Gasteiger partial charge in [-0.25, -0.2) is 4.98 Å². The molecule has 0 saturated carbocycles. The van der Waals surface area contributed by atoms with Gasteiger partial charge < -0.3 is 15.1 Å². The van der Waals surface area contributed by atoms with Crippen LogP contribution in [0.25, 0.3) is 22.6 Å². The number of oxazole rings is 1. The number of likely N-dealkylation sites (N-methyl/N-ethyl adjacent to an activating group) is 1. The molecule has 2 aromatic carbocycles. The first-order valence-electron chi connectivity index (χ1n) is 9.76. The van der Waals surface area contributed by atoms with Gasteiger partial charge in [0.15, 0.2) is 11.7 Å². The Morgan fingerprint density at radius 1 is 1.00 bits per heavy atom. The lowest BCUT2D eigenvalue weighted by molar-refractivity contribution is -0.128. The number of hydrogen-bond acceptors (Lipinski definition) is 4. The molecular formula is C23H25N3O3. The molecule has 1 heterocycles. The molecule has 0 radical (unpaired) electrons. The second-order valence-electron chi connectivity index (χ2n) is 6.70. The zero-order valence-corrected chi connectivity index (χ0v) is 16.6. The first kappa shape index (κ1) is 20.3. The van der Waals surface area contributed by atoms with Gasteiger partial charge in [-0.1, -0.05) is 60.7 Å². The average Bonchev–Trinajstić information content (AvgIpc) is 3.18. The Labute approximate surface area is 170 Å². The van der Waals surface area contributed by atoms with Crippen LogP contribution in [0.15, 0.2) is 65.1 Å². The van der Waals surface area contributed by atoms with Crippen molar-refractivity contribution in [1.29, 1.82) is 0 Å². The summed E-state index contributed by atoms with van der Waals surface area (Å²) in [5, 5.41) is 5.39. The van der Waals surface area contributed by atoms with Gasteiger partial charge in [0.1, 0.15) is 11.7 Å². The molecule has 1 atom stereocenters. The van der Waals surface area contributed by atoms with Gasteiger partial charge in [-0.2, -0.15) is 0 Å². The molecule has 6 heteroatoms. The van der Waals surface area contributed by atoms with Crippen LogP contribution in [-0.4, -0.2) is 29.4 Å². The summed E-state index contributed by atoms with van der Waals surface area (Å²) < 4.78 is 6.03. The lowest BCUT2D eigenvalue weighted by atomic mass is 10.1. The smallest absolute Gasteiger partial charge is 0.242 e. The Morgan fingerprint density at radius 3 is 2.24 bits per heavy atom. The highest BCUT2D eigenvalue weighted by molar-refractivity contribution is 5.87. The van der Waals surface area contributed by atoms with Crippen molar-refractivity contribution in [3.05, 3.63) is 66.6 Å². The topological polar surface area (TPSA) is 84.2 Å². The van der Waals surface area contributed by atoms with Gasteiger partial charge in [0, 0.05) is 30.5 Å². The second-order valence-corrected chi connectivity index (χ2v) is 6.70. The van der Waals surface area contributed by atoms with Crippen molar-refractivity contribution in [2.75, 3.05) is 6.54 Å². The molecule has 1 aromatic heterocycles. The van der Waals surface area contributed by atoms with E-state index in [1.54, 1.807) is 6.92 Å². The molecule has 0 aliphatic carbocycles. The minimum atomic E-state index is -0.577. The minimum Gasteiger partial charge on any atom is -0.440 e. The fraction of sp³-hybridized carbons (Fsp3) is 0.261. The monoisotopic (exact) mass is 391 g/mol. The molecule has 3 rings (SSSR count). The van der Waals surface area contributed by atoms with Crippen molar-refractivity contribution >= 4 is 11.8 Å². The molecular weight excluding hydrogens is 366 g/mol. The molecule has 2 N–H and O–H groups in total. The molecule has 3 aromatic rings. The van der Waals surface area contributed by atoms with Gasteiger partial charge >= 0.3 is 0 Å². The summed E-state index contributed by atoms with van der Waals surface area (Å²) in [5.74, 6) is 0.755. The summed E-state index contributed by atoms with van der Waals surface area (Å²) in [6, 6.07) is 19.0. The number of nitrogens with zero attached hydrogens (tertiary/aromatic N) is 1. The van der Waals surface area contributed by atoms with Crippen LogP contribution in [0.4, 0.5) is 0 Å². The summed E-state index contributed by atoms with van der Waals surface area (Å²) in [5.41, 5.74) is 2.64. The van der Waals surface area contributed by atoms with E-state index >= 15 is 0 Å². The third-order valence-electron chi connectivity index (χ3n) is 4.44. The normalized spacial score (nSPS) is 11.7. The number of hydrogen-bond donors (Lipinski definition) is 2. The lowest BCUT2D eigenvalue weighted by Crippen LogP contribution is -2.44. The summed E-state index contributed by atoms with van der Waals surface area (Å²) >= 11 is 0. The minimum absolute atomic E-state index is 0.187. The van der Waals surface area contributed by atoms with Crippen LogP contribution in [0.2, 0.25) is 0 Å². The van der Waals surface area contributed by atoms with Crippen LogP contribution >= 0.6 is 0 Å². The maximum absolute atomic E-state index is 12.2. The van der Waals surface area contributed by atoms with Crippen molar-refractivity contribution in [1.82, 2.24) is 15.6 Å². The highest BCUT2D eigenvalue weighted by Gasteiger charge is 2.19. The predicted octanol–water partition coefficient (Wildman–Crippen LogP) is 3.58. The van der Waals surface area contributed by atoms with Crippen molar-refractivity contribution in [2.45, 2.75) is 32.7 Å². The number of aromatic nitrogens is 1. The Balaban J connectivity index is 1.74. The molecule has 0 saturated heterocycles. The van der Waals surface area contributed by atoms with E-state index in [1.807, 2.05) is 67.6 Å². The SMILES string of the molecule is CCNC(=O)[C@@H](C)NC(=O)CCc1nc(-c2ccccc2)c(-c2ccccc2)o1. The number of benzene rings is 2. The molecule has 0 bridgehead atoms. The molecule has 0 aliphatic heterocycles. The van der Waals surface area contributed by atoms with E-state index in [2.05, 4.69) is 15.6 Å². The van der Waals surface area contributed by atoms with Gasteiger partial charge in [0.2, 0.25) is 11.8 Å². The molecule has 2 amide bonds. The Kier molecular flexibility index (Phi) is 6.79. The molecule has 29 heavy (non-hydrogen) atoms. The van der Waals surface area contributed by atoms with Crippen LogP contribution < -0.4 is 10.6 Å². The van der Waals surface area contributed by atoms with Crippen molar-refractivity contribution in [2.24, 2.45) is 0 Å². The number of nitrogens with one attached hydrogen (secondary N) is 2. The summed E-state index contributed by atoms with van der Waals surface area (Å²) in [6.45, 7) is 4.03. The van der Waals surface area contributed by atoms with Crippen LogP contribution in [0.1, 0.15) is 26.2 Å². The number of amides is 2. The first-order valence-corrected chi connectivity index (χ1v) is 9.76. The highest BCUT2D eigenvalue weighted by Crippen LogP contribution is 2.32. The Bertz CT molecular complexity index is 895. The van der Waals surface area contributed by atoms with Gasteiger partial charge in [-0.05, 0) is 13.8 Å². The average molecular weight is 391 g/mol. The van der Waals surface area contributed by atoms with Crippen LogP contribution in [-0.2, 0) is 16.0 Å². The van der Waals surface area contributed by atoms with Crippen molar-refractivity contribution in [3.8, 4) is 22.6 Å². The third kappa shape index (κ3) is 5.31. The van der Waals surface area contributed by atoms with E-state index in [0.29, 0.717) is 24.6 Å².